The summed E-state index contributed by atoms with van der Waals surface area (Å²) in [4.78, 5) is 19.7. The van der Waals surface area contributed by atoms with E-state index in [4.69, 9.17) is 0 Å². The molecule has 1 unspecified atom stereocenters. The van der Waals surface area contributed by atoms with Crippen molar-refractivity contribution in [2.45, 2.75) is 62.3 Å². The van der Waals surface area contributed by atoms with E-state index in [1.165, 1.54) is 47.2 Å². The average molecular weight is 579 g/mol. The van der Waals surface area contributed by atoms with Crippen LogP contribution in [0.2, 0.25) is 0 Å². The number of aromatic hydroxyl groups is 1. The zero-order valence-corrected chi connectivity index (χ0v) is 23.5. The number of hydrogen-bond donors (Lipinski definition) is 1. The van der Waals surface area contributed by atoms with Gasteiger partial charge < -0.3 is 5.11 Å². The van der Waals surface area contributed by atoms with Crippen LogP contribution in [0.3, 0.4) is 0 Å². The number of pyridine rings is 1. The fourth-order valence-electron chi connectivity index (χ4n) is 4.78. The second-order valence-corrected chi connectivity index (χ2v) is 11.4. The SMILES string of the molecule is CCCCc1nc(=O)c(S(=O)(=O)c2ccc(-c3ccnc(F)c3C)cc2)c(O)n1C(CC)c1ccc(F)c(C#N)c1. The molecule has 0 aliphatic carbocycles. The van der Waals surface area contributed by atoms with Gasteiger partial charge >= 0.3 is 0 Å². The van der Waals surface area contributed by atoms with E-state index in [1.54, 1.807) is 26.0 Å². The maximum absolute atomic E-state index is 14.1. The summed E-state index contributed by atoms with van der Waals surface area (Å²) in [7, 11) is -4.57. The highest BCUT2D eigenvalue weighted by Crippen LogP contribution is 2.34. The van der Waals surface area contributed by atoms with Crippen LogP contribution in [0.15, 0.2) is 69.3 Å². The molecule has 212 valence electrons. The van der Waals surface area contributed by atoms with Crippen molar-refractivity contribution in [2.75, 3.05) is 0 Å². The minimum absolute atomic E-state index is 0.175. The molecule has 0 saturated heterocycles. The van der Waals surface area contributed by atoms with Crippen LogP contribution in [-0.2, 0) is 16.3 Å². The van der Waals surface area contributed by atoms with Crippen LogP contribution < -0.4 is 5.56 Å². The topological polar surface area (TPSA) is 126 Å². The van der Waals surface area contributed by atoms with E-state index in [9.17, 15) is 32.4 Å². The molecule has 41 heavy (non-hydrogen) atoms. The van der Waals surface area contributed by atoms with Crippen molar-refractivity contribution in [1.82, 2.24) is 14.5 Å². The maximum atomic E-state index is 14.1. The Labute approximate surface area is 236 Å². The predicted octanol–water partition coefficient (Wildman–Crippen LogP) is 5.64. The molecule has 0 bridgehead atoms. The van der Waals surface area contributed by atoms with Crippen molar-refractivity contribution in [3.8, 4) is 23.1 Å². The predicted molar refractivity (Wildman–Crippen MR) is 148 cm³/mol. The number of rotatable bonds is 9. The molecule has 0 radical (unpaired) electrons. The monoisotopic (exact) mass is 578 g/mol. The number of benzene rings is 2. The molecule has 1 N–H and O–H groups in total. The van der Waals surface area contributed by atoms with Gasteiger partial charge in [-0.15, -0.1) is 0 Å². The first-order chi connectivity index (χ1) is 19.5. The van der Waals surface area contributed by atoms with Gasteiger partial charge in [-0.05, 0) is 66.8 Å². The first-order valence-corrected chi connectivity index (χ1v) is 14.5. The van der Waals surface area contributed by atoms with Gasteiger partial charge in [-0.1, -0.05) is 38.5 Å². The van der Waals surface area contributed by atoms with Gasteiger partial charge in [0.1, 0.15) is 17.7 Å². The summed E-state index contributed by atoms with van der Waals surface area (Å²) in [5.74, 6) is -1.97. The molecular formula is C30H28F2N4O4S. The highest BCUT2D eigenvalue weighted by atomic mass is 32.2. The van der Waals surface area contributed by atoms with Gasteiger partial charge in [-0.2, -0.15) is 14.6 Å². The Morgan fingerprint density at radius 1 is 1.10 bits per heavy atom. The first-order valence-electron chi connectivity index (χ1n) is 13.1. The Morgan fingerprint density at radius 3 is 2.44 bits per heavy atom. The second-order valence-electron chi connectivity index (χ2n) is 9.54. The molecule has 0 aliphatic rings. The van der Waals surface area contributed by atoms with Crippen molar-refractivity contribution in [2.24, 2.45) is 0 Å². The third-order valence-corrected chi connectivity index (χ3v) is 8.76. The number of aryl methyl sites for hydroxylation is 1. The molecular weight excluding hydrogens is 550 g/mol. The molecule has 11 heteroatoms. The van der Waals surface area contributed by atoms with Gasteiger partial charge in [0.15, 0.2) is 4.90 Å². The smallest absolute Gasteiger partial charge is 0.296 e. The first kappa shape index (κ1) is 29.6. The molecule has 4 aromatic rings. The van der Waals surface area contributed by atoms with Crippen LogP contribution in [-0.4, -0.2) is 28.1 Å². The normalized spacial score (nSPS) is 12.2. The molecule has 0 aliphatic heterocycles. The van der Waals surface area contributed by atoms with E-state index in [-0.39, 0.29) is 22.7 Å². The van der Waals surface area contributed by atoms with Gasteiger partial charge in [-0.25, -0.2) is 17.8 Å². The standard InChI is InChI=1S/C30H28F2N4O4S/c1-4-6-7-26-35-29(37)27(30(38)36(26)25(5-2)20-10-13-24(31)21(16-20)17-33)41(39,40)22-11-8-19(9-12-22)23-14-15-34-28(32)18(23)3/h8-16,25,38H,4-7H2,1-3H3. The molecule has 4 rings (SSSR count). The van der Waals surface area contributed by atoms with Crippen LogP contribution in [0.25, 0.3) is 11.1 Å². The molecule has 2 heterocycles. The van der Waals surface area contributed by atoms with Gasteiger partial charge in [0.2, 0.25) is 21.7 Å². The summed E-state index contributed by atoms with van der Waals surface area (Å²) in [6.07, 6.45) is 3.25. The van der Waals surface area contributed by atoms with Crippen LogP contribution in [0.5, 0.6) is 5.88 Å². The molecule has 8 nitrogen and oxygen atoms in total. The molecule has 2 aromatic carbocycles. The third-order valence-electron chi connectivity index (χ3n) is 6.97. The van der Waals surface area contributed by atoms with Crippen LogP contribution >= 0.6 is 0 Å². The summed E-state index contributed by atoms with van der Waals surface area (Å²) in [5, 5.41) is 20.8. The minimum Gasteiger partial charge on any atom is -0.493 e. The van der Waals surface area contributed by atoms with Gasteiger partial charge in [0.05, 0.1) is 16.5 Å². The zero-order valence-electron chi connectivity index (χ0n) is 22.7. The number of halogens is 2. The Morgan fingerprint density at radius 2 is 1.80 bits per heavy atom. The molecule has 0 fully saturated rings. The summed E-state index contributed by atoms with van der Waals surface area (Å²) in [6, 6.07) is 12.0. The van der Waals surface area contributed by atoms with Crippen molar-refractivity contribution < 1.29 is 22.3 Å². The van der Waals surface area contributed by atoms with Crippen LogP contribution in [0, 0.1) is 30.0 Å². The quantitative estimate of drug-likeness (QED) is 0.255. The molecule has 2 aromatic heterocycles. The number of nitrogens with zero attached hydrogens (tertiary/aromatic N) is 4. The largest absolute Gasteiger partial charge is 0.493 e. The van der Waals surface area contributed by atoms with E-state index in [0.717, 1.165) is 12.5 Å². The fourth-order valence-corrected chi connectivity index (χ4v) is 6.12. The Hall–Kier alpha value is -4.43. The lowest BCUT2D eigenvalue weighted by atomic mass is 10.0. The summed E-state index contributed by atoms with van der Waals surface area (Å²) < 4.78 is 56.8. The number of unbranched alkanes of at least 4 members (excludes halogenated alkanes) is 1. The summed E-state index contributed by atoms with van der Waals surface area (Å²) in [5.41, 5.74) is 0.482. The third kappa shape index (κ3) is 5.60. The van der Waals surface area contributed by atoms with Gasteiger partial charge in [0, 0.05) is 18.2 Å². The number of hydrogen-bond acceptors (Lipinski definition) is 7. The zero-order chi connectivity index (χ0) is 29.9. The number of nitriles is 1. The van der Waals surface area contributed by atoms with E-state index >= 15 is 0 Å². The highest BCUT2D eigenvalue weighted by molar-refractivity contribution is 7.91. The minimum atomic E-state index is -4.57. The number of aromatic nitrogens is 3. The fraction of sp³-hybridized carbons (Fsp3) is 0.267. The van der Waals surface area contributed by atoms with Crippen molar-refractivity contribution in [3.05, 3.63) is 99.4 Å². The van der Waals surface area contributed by atoms with Crippen molar-refractivity contribution in [3.63, 3.8) is 0 Å². The van der Waals surface area contributed by atoms with Crippen molar-refractivity contribution in [1.29, 1.82) is 5.26 Å². The average Bonchev–Trinajstić information content (AvgIpc) is 2.95. The Kier molecular flexibility index (Phi) is 8.63. The highest BCUT2D eigenvalue weighted by Gasteiger charge is 2.32. The van der Waals surface area contributed by atoms with Crippen molar-refractivity contribution >= 4 is 9.84 Å². The lowest BCUT2D eigenvalue weighted by Crippen LogP contribution is -2.27. The summed E-state index contributed by atoms with van der Waals surface area (Å²) >= 11 is 0. The van der Waals surface area contributed by atoms with E-state index in [0.29, 0.717) is 35.1 Å². The van der Waals surface area contributed by atoms with E-state index < -0.39 is 44.0 Å². The van der Waals surface area contributed by atoms with Gasteiger partial charge in [0.25, 0.3) is 5.56 Å². The number of sulfone groups is 1. The lowest BCUT2D eigenvalue weighted by molar-refractivity contribution is 0.358. The lowest BCUT2D eigenvalue weighted by Gasteiger charge is -2.25. The van der Waals surface area contributed by atoms with Crippen LogP contribution in [0.4, 0.5) is 8.78 Å². The Bertz CT molecular complexity index is 1810. The van der Waals surface area contributed by atoms with Gasteiger partial charge in [-0.3, -0.25) is 9.36 Å². The molecule has 0 saturated carbocycles. The maximum Gasteiger partial charge on any atom is 0.296 e. The molecule has 1 atom stereocenters. The van der Waals surface area contributed by atoms with E-state index in [1.807, 2.05) is 6.92 Å². The Balaban J connectivity index is 1.88. The van der Waals surface area contributed by atoms with E-state index in [2.05, 4.69) is 9.97 Å². The second kappa shape index (κ2) is 12.0. The molecule has 0 spiro atoms. The summed E-state index contributed by atoms with van der Waals surface area (Å²) in [6.45, 7) is 5.26. The van der Waals surface area contributed by atoms with Crippen LogP contribution in [0.1, 0.15) is 61.7 Å². The molecule has 0 amide bonds.